The van der Waals surface area contributed by atoms with Gasteiger partial charge in [-0.1, -0.05) is 19.3 Å². The van der Waals surface area contributed by atoms with Crippen LogP contribution in [0.3, 0.4) is 0 Å². The molecule has 1 aliphatic rings. The highest BCUT2D eigenvalue weighted by Gasteiger charge is 2.33. The first-order valence-electron chi connectivity index (χ1n) is 7.47. The molecule has 5 nitrogen and oxygen atoms in total. The highest BCUT2D eigenvalue weighted by Crippen LogP contribution is 2.38. The first-order chi connectivity index (χ1) is 9.47. The summed E-state index contributed by atoms with van der Waals surface area (Å²) < 4.78 is 1.80. The molecule has 112 valence electrons. The molecule has 1 saturated carbocycles. The van der Waals surface area contributed by atoms with Crippen molar-refractivity contribution in [2.45, 2.75) is 52.4 Å². The molecule has 0 saturated heterocycles. The Morgan fingerprint density at radius 3 is 2.50 bits per heavy atom. The van der Waals surface area contributed by atoms with Crippen LogP contribution in [0.4, 0.5) is 5.69 Å². The van der Waals surface area contributed by atoms with Crippen molar-refractivity contribution in [1.82, 2.24) is 9.78 Å². The van der Waals surface area contributed by atoms with E-state index in [-0.39, 0.29) is 11.3 Å². The molecule has 5 heteroatoms. The predicted octanol–water partition coefficient (Wildman–Crippen LogP) is 2.27. The zero-order valence-corrected chi connectivity index (χ0v) is 12.8. The number of carbonyl (C=O) groups is 1. The summed E-state index contributed by atoms with van der Waals surface area (Å²) in [5.41, 5.74) is 8.65. The summed E-state index contributed by atoms with van der Waals surface area (Å²) in [6.07, 6.45) is 6.32. The number of aryl methyl sites for hydroxylation is 2. The lowest BCUT2D eigenvalue weighted by Gasteiger charge is -2.35. The Labute approximate surface area is 120 Å². The number of nitrogens with zero attached hydrogens (tertiary/aromatic N) is 2. The lowest BCUT2D eigenvalue weighted by molar-refractivity contribution is -0.118. The molecule has 1 aliphatic carbocycles. The number of rotatable bonds is 4. The van der Waals surface area contributed by atoms with Crippen LogP contribution in [-0.4, -0.2) is 22.2 Å². The van der Waals surface area contributed by atoms with E-state index in [9.17, 15) is 4.79 Å². The summed E-state index contributed by atoms with van der Waals surface area (Å²) in [4.78, 5) is 12.4. The molecule has 20 heavy (non-hydrogen) atoms. The van der Waals surface area contributed by atoms with Crippen molar-refractivity contribution < 1.29 is 4.79 Å². The van der Waals surface area contributed by atoms with Gasteiger partial charge < -0.3 is 11.1 Å². The quantitative estimate of drug-likeness (QED) is 0.887. The Morgan fingerprint density at radius 2 is 2.00 bits per heavy atom. The molecule has 1 aromatic rings. The third-order valence-electron chi connectivity index (χ3n) is 4.66. The highest BCUT2D eigenvalue weighted by molar-refractivity contribution is 5.92. The van der Waals surface area contributed by atoms with Crippen LogP contribution in [0.25, 0.3) is 0 Å². The first kappa shape index (κ1) is 15.0. The standard InChI is InChI=1S/C15H26N4O/c1-11-14(12(2)19(3)18-11)17-13(20)9-15(10-16)7-5-4-6-8-15/h4-10,16H2,1-3H3,(H,17,20). The van der Waals surface area contributed by atoms with Gasteiger partial charge in [-0.15, -0.1) is 0 Å². The number of hydrogen-bond acceptors (Lipinski definition) is 3. The zero-order chi connectivity index (χ0) is 14.8. The maximum atomic E-state index is 12.4. The van der Waals surface area contributed by atoms with E-state index in [1.54, 1.807) is 4.68 Å². The summed E-state index contributed by atoms with van der Waals surface area (Å²) in [6, 6.07) is 0. The largest absolute Gasteiger partial charge is 0.330 e. The maximum absolute atomic E-state index is 12.4. The normalized spacial score (nSPS) is 18.0. The van der Waals surface area contributed by atoms with E-state index >= 15 is 0 Å². The van der Waals surface area contributed by atoms with Gasteiger partial charge in [-0.25, -0.2) is 0 Å². The Balaban J connectivity index is 2.04. The third kappa shape index (κ3) is 3.03. The molecule has 0 unspecified atom stereocenters. The number of aromatic nitrogens is 2. The van der Waals surface area contributed by atoms with Crippen LogP contribution in [0.5, 0.6) is 0 Å². The zero-order valence-electron chi connectivity index (χ0n) is 12.8. The minimum Gasteiger partial charge on any atom is -0.330 e. The van der Waals surface area contributed by atoms with Crippen molar-refractivity contribution in [2.24, 2.45) is 18.2 Å². The van der Waals surface area contributed by atoms with Gasteiger partial charge in [-0.2, -0.15) is 5.10 Å². The van der Waals surface area contributed by atoms with Crippen molar-refractivity contribution in [3.63, 3.8) is 0 Å². The van der Waals surface area contributed by atoms with Crippen LogP contribution in [-0.2, 0) is 11.8 Å². The van der Waals surface area contributed by atoms with Crippen molar-refractivity contribution in [1.29, 1.82) is 0 Å². The fourth-order valence-electron chi connectivity index (χ4n) is 3.23. The van der Waals surface area contributed by atoms with Crippen molar-refractivity contribution in [3.8, 4) is 0 Å². The smallest absolute Gasteiger partial charge is 0.225 e. The summed E-state index contributed by atoms with van der Waals surface area (Å²) in [5, 5.41) is 7.35. The van der Waals surface area contributed by atoms with Crippen LogP contribution in [0, 0.1) is 19.3 Å². The highest BCUT2D eigenvalue weighted by atomic mass is 16.1. The van der Waals surface area contributed by atoms with Crippen LogP contribution >= 0.6 is 0 Å². The molecule has 0 aromatic carbocycles. The molecule has 0 aliphatic heterocycles. The van der Waals surface area contributed by atoms with Gasteiger partial charge in [0.05, 0.1) is 17.1 Å². The van der Waals surface area contributed by atoms with Crippen LogP contribution in [0.15, 0.2) is 0 Å². The summed E-state index contributed by atoms with van der Waals surface area (Å²) in [6.45, 7) is 4.49. The second kappa shape index (κ2) is 5.95. The molecule has 1 amide bonds. The predicted molar refractivity (Wildman–Crippen MR) is 80.5 cm³/mol. The Morgan fingerprint density at radius 1 is 1.35 bits per heavy atom. The van der Waals surface area contributed by atoms with Gasteiger partial charge in [-0.05, 0) is 38.6 Å². The van der Waals surface area contributed by atoms with Gasteiger partial charge in [0.1, 0.15) is 0 Å². The minimum absolute atomic E-state index is 0.00630. The maximum Gasteiger partial charge on any atom is 0.225 e. The molecule has 3 N–H and O–H groups in total. The molecule has 1 heterocycles. The van der Waals surface area contributed by atoms with Gasteiger partial charge in [0.25, 0.3) is 0 Å². The average Bonchev–Trinajstić information content (AvgIpc) is 2.66. The van der Waals surface area contributed by atoms with E-state index in [1.807, 2.05) is 20.9 Å². The van der Waals surface area contributed by atoms with Crippen LogP contribution in [0.1, 0.15) is 49.9 Å². The minimum atomic E-state index is 0.00630. The van der Waals surface area contributed by atoms with Crippen LogP contribution in [0.2, 0.25) is 0 Å². The first-order valence-corrected chi connectivity index (χ1v) is 7.47. The number of carbonyl (C=O) groups excluding carboxylic acids is 1. The molecule has 0 bridgehead atoms. The summed E-state index contributed by atoms with van der Waals surface area (Å²) >= 11 is 0. The van der Waals surface area contributed by atoms with Crippen LogP contribution < -0.4 is 11.1 Å². The fourth-order valence-corrected chi connectivity index (χ4v) is 3.23. The number of amides is 1. The topological polar surface area (TPSA) is 72.9 Å². The second-order valence-electron chi connectivity index (χ2n) is 6.16. The van der Waals surface area contributed by atoms with Gasteiger partial charge in [0.15, 0.2) is 0 Å². The summed E-state index contributed by atoms with van der Waals surface area (Å²) in [5.74, 6) is 0.0663. The lowest BCUT2D eigenvalue weighted by Crippen LogP contribution is -2.36. The molecular formula is C15H26N4O. The Hall–Kier alpha value is -1.36. The number of nitrogens with two attached hydrogens (primary N) is 1. The summed E-state index contributed by atoms with van der Waals surface area (Å²) in [7, 11) is 1.89. The number of anilines is 1. The lowest BCUT2D eigenvalue weighted by atomic mass is 9.71. The fraction of sp³-hybridized carbons (Fsp3) is 0.733. The van der Waals surface area contributed by atoms with E-state index < -0.39 is 0 Å². The van der Waals surface area contributed by atoms with E-state index in [0.717, 1.165) is 29.9 Å². The molecule has 0 atom stereocenters. The Bertz CT molecular complexity index is 486. The van der Waals surface area contributed by atoms with Gasteiger partial charge >= 0.3 is 0 Å². The van der Waals surface area contributed by atoms with E-state index in [0.29, 0.717) is 13.0 Å². The molecule has 1 aromatic heterocycles. The second-order valence-corrected chi connectivity index (χ2v) is 6.16. The van der Waals surface area contributed by atoms with E-state index in [4.69, 9.17) is 5.73 Å². The third-order valence-corrected chi connectivity index (χ3v) is 4.66. The van der Waals surface area contributed by atoms with E-state index in [1.165, 1.54) is 19.3 Å². The Kier molecular flexibility index (Phi) is 4.48. The van der Waals surface area contributed by atoms with Crippen molar-refractivity contribution in [2.75, 3.05) is 11.9 Å². The molecule has 0 spiro atoms. The molecule has 1 fully saturated rings. The van der Waals surface area contributed by atoms with E-state index in [2.05, 4.69) is 10.4 Å². The monoisotopic (exact) mass is 278 g/mol. The molecule has 2 rings (SSSR count). The number of nitrogens with one attached hydrogen (secondary N) is 1. The average molecular weight is 278 g/mol. The van der Waals surface area contributed by atoms with Gasteiger partial charge in [0.2, 0.25) is 5.91 Å². The number of hydrogen-bond donors (Lipinski definition) is 2. The van der Waals surface area contributed by atoms with Crippen molar-refractivity contribution in [3.05, 3.63) is 11.4 Å². The van der Waals surface area contributed by atoms with Crippen molar-refractivity contribution >= 4 is 11.6 Å². The SMILES string of the molecule is Cc1nn(C)c(C)c1NC(=O)CC1(CN)CCCCC1. The molecule has 0 radical (unpaired) electrons. The molecular weight excluding hydrogens is 252 g/mol. The van der Waals surface area contributed by atoms with Gasteiger partial charge in [-0.3, -0.25) is 9.48 Å². The van der Waals surface area contributed by atoms with Gasteiger partial charge in [0, 0.05) is 13.5 Å².